The van der Waals surface area contributed by atoms with Gasteiger partial charge in [0.2, 0.25) is 11.8 Å². The molecule has 0 saturated heterocycles. The van der Waals surface area contributed by atoms with Crippen molar-refractivity contribution in [3.05, 3.63) is 11.4 Å². The van der Waals surface area contributed by atoms with Gasteiger partial charge in [0.15, 0.2) is 0 Å². The Labute approximate surface area is 105 Å². The zero-order chi connectivity index (χ0) is 12.3. The van der Waals surface area contributed by atoms with E-state index in [1.807, 2.05) is 25.3 Å². The smallest absolute Gasteiger partial charge is 0.227 e. The molecule has 0 aliphatic heterocycles. The van der Waals surface area contributed by atoms with E-state index in [1.54, 1.807) is 11.3 Å². The largest absolute Gasteiger partial charge is 0.474 e. The summed E-state index contributed by atoms with van der Waals surface area (Å²) < 4.78 is 5.84. The van der Waals surface area contributed by atoms with Crippen LogP contribution in [0.3, 0.4) is 0 Å². The first-order valence-electron chi connectivity index (χ1n) is 5.90. The Kier molecular flexibility index (Phi) is 3.78. The van der Waals surface area contributed by atoms with Gasteiger partial charge in [-0.25, -0.2) is 4.98 Å². The molecule has 0 fully saturated rings. The zero-order valence-corrected chi connectivity index (χ0v) is 11.2. The molecule has 2 heterocycles. The van der Waals surface area contributed by atoms with Gasteiger partial charge in [0.25, 0.3) is 0 Å². The SMILES string of the molecule is CCNc1nc(OC(C)CC)c2ccsc2n1. The van der Waals surface area contributed by atoms with Crippen LogP contribution < -0.4 is 10.1 Å². The van der Waals surface area contributed by atoms with Gasteiger partial charge in [-0.2, -0.15) is 4.98 Å². The predicted molar refractivity (Wildman–Crippen MR) is 72.0 cm³/mol. The Hall–Kier alpha value is -1.36. The summed E-state index contributed by atoms with van der Waals surface area (Å²) in [6, 6.07) is 2.01. The van der Waals surface area contributed by atoms with Gasteiger partial charge < -0.3 is 10.1 Å². The Morgan fingerprint density at radius 1 is 1.41 bits per heavy atom. The fourth-order valence-electron chi connectivity index (χ4n) is 1.43. The van der Waals surface area contributed by atoms with E-state index in [0.29, 0.717) is 11.8 Å². The minimum Gasteiger partial charge on any atom is -0.474 e. The highest BCUT2D eigenvalue weighted by molar-refractivity contribution is 7.16. The normalized spacial score (nSPS) is 12.6. The van der Waals surface area contributed by atoms with E-state index < -0.39 is 0 Å². The van der Waals surface area contributed by atoms with Gasteiger partial charge >= 0.3 is 0 Å². The van der Waals surface area contributed by atoms with Crippen LogP contribution in [0.25, 0.3) is 10.2 Å². The van der Waals surface area contributed by atoms with Gasteiger partial charge in [0.05, 0.1) is 11.5 Å². The predicted octanol–water partition coefficient (Wildman–Crippen LogP) is 3.30. The molecule has 4 nitrogen and oxygen atoms in total. The van der Waals surface area contributed by atoms with Crippen LogP contribution in [0.2, 0.25) is 0 Å². The summed E-state index contributed by atoms with van der Waals surface area (Å²) in [5.74, 6) is 1.32. The average Bonchev–Trinajstić information content (AvgIpc) is 2.77. The van der Waals surface area contributed by atoms with Crippen LogP contribution in [-0.2, 0) is 0 Å². The topological polar surface area (TPSA) is 47.0 Å². The number of fused-ring (bicyclic) bond motifs is 1. The molecule has 0 saturated carbocycles. The zero-order valence-electron chi connectivity index (χ0n) is 10.4. The van der Waals surface area contributed by atoms with Crippen LogP contribution in [0.15, 0.2) is 11.4 Å². The molecule has 0 aliphatic rings. The van der Waals surface area contributed by atoms with E-state index >= 15 is 0 Å². The lowest BCUT2D eigenvalue weighted by Crippen LogP contribution is -2.12. The number of thiophene rings is 1. The summed E-state index contributed by atoms with van der Waals surface area (Å²) in [6.07, 6.45) is 1.13. The summed E-state index contributed by atoms with van der Waals surface area (Å²) in [4.78, 5) is 9.81. The van der Waals surface area contributed by atoms with Crippen LogP contribution in [0.4, 0.5) is 5.95 Å². The summed E-state index contributed by atoms with van der Waals surface area (Å²) in [6.45, 7) is 6.98. The second-order valence-corrected chi connectivity index (χ2v) is 4.75. The third-order valence-corrected chi connectivity index (χ3v) is 3.32. The third kappa shape index (κ3) is 2.66. The number of ether oxygens (including phenoxy) is 1. The summed E-state index contributed by atoms with van der Waals surface area (Å²) in [7, 11) is 0. The van der Waals surface area contributed by atoms with E-state index in [-0.39, 0.29) is 6.10 Å². The molecule has 92 valence electrons. The molecule has 2 aromatic heterocycles. The van der Waals surface area contributed by atoms with Gasteiger partial charge in [0.1, 0.15) is 4.83 Å². The minimum absolute atomic E-state index is 0.169. The monoisotopic (exact) mass is 251 g/mol. The molecule has 1 unspecified atom stereocenters. The second kappa shape index (κ2) is 5.31. The number of hydrogen-bond donors (Lipinski definition) is 1. The quantitative estimate of drug-likeness (QED) is 0.885. The van der Waals surface area contributed by atoms with Crippen LogP contribution in [0.1, 0.15) is 27.2 Å². The molecule has 0 aliphatic carbocycles. The van der Waals surface area contributed by atoms with Crippen molar-refractivity contribution in [2.45, 2.75) is 33.3 Å². The molecule has 0 amide bonds. The van der Waals surface area contributed by atoms with Gasteiger partial charge in [0, 0.05) is 6.54 Å². The number of hydrogen-bond acceptors (Lipinski definition) is 5. The fraction of sp³-hybridized carbons (Fsp3) is 0.500. The molecule has 0 aromatic carbocycles. The highest BCUT2D eigenvalue weighted by Crippen LogP contribution is 2.28. The molecule has 1 atom stereocenters. The molecule has 2 aromatic rings. The molecule has 0 radical (unpaired) electrons. The van der Waals surface area contributed by atoms with Crippen molar-refractivity contribution in [1.82, 2.24) is 9.97 Å². The van der Waals surface area contributed by atoms with E-state index in [1.165, 1.54) is 0 Å². The van der Waals surface area contributed by atoms with E-state index in [9.17, 15) is 0 Å². The van der Waals surface area contributed by atoms with Crippen molar-refractivity contribution >= 4 is 27.5 Å². The van der Waals surface area contributed by atoms with Gasteiger partial charge in [-0.15, -0.1) is 11.3 Å². The first-order chi connectivity index (χ1) is 8.24. The molecular weight excluding hydrogens is 234 g/mol. The highest BCUT2D eigenvalue weighted by atomic mass is 32.1. The van der Waals surface area contributed by atoms with Crippen molar-refractivity contribution in [2.75, 3.05) is 11.9 Å². The molecule has 0 spiro atoms. The summed E-state index contributed by atoms with van der Waals surface area (Å²) in [5.41, 5.74) is 0. The van der Waals surface area contributed by atoms with Crippen LogP contribution in [0.5, 0.6) is 5.88 Å². The molecule has 0 bridgehead atoms. The lowest BCUT2D eigenvalue weighted by Gasteiger charge is -2.13. The fourth-order valence-corrected chi connectivity index (χ4v) is 2.18. The lowest BCUT2D eigenvalue weighted by atomic mass is 10.3. The van der Waals surface area contributed by atoms with Crippen LogP contribution in [-0.4, -0.2) is 22.6 Å². The molecular formula is C12H17N3OS. The lowest BCUT2D eigenvalue weighted by molar-refractivity contribution is 0.212. The van der Waals surface area contributed by atoms with E-state index in [2.05, 4.69) is 22.2 Å². The van der Waals surface area contributed by atoms with Crippen molar-refractivity contribution in [3.63, 3.8) is 0 Å². The number of aromatic nitrogens is 2. The number of anilines is 1. The van der Waals surface area contributed by atoms with Gasteiger partial charge in [-0.05, 0) is 31.7 Å². The van der Waals surface area contributed by atoms with Crippen LogP contribution >= 0.6 is 11.3 Å². The minimum atomic E-state index is 0.169. The van der Waals surface area contributed by atoms with Crippen molar-refractivity contribution < 1.29 is 4.74 Å². The number of nitrogens with one attached hydrogen (secondary N) is 1. The standard InChI is InChI=1S/C12H17N3OS/c1-4-8(3)16-10-9-6-7-17-11(9)15-12(14-10)13-5-2/h6-8H,4-5H2,1-3H3,(H,13,14,15). The van der Waals surface area contributed by atoms with Crippen molar-refractivity contribution in [3.8, 4) is 5.88 Å². The molecule has 5 heteroatoms. The second-order valence-electron chi connectivity index (χ2n) is 3.86. The van der Waals surface area contributed by atoms with Gasteiger partial charge in [-0.3, -0.25) is 0 Å². The molecule has 1 N–H and O–H groups in total. The van der Waals surface area contributed by atoms with E-state index in [4.69, 9.17) is 4.74 Å². The van der Waals surface area contributed by atoms with E-state index in [0.717, 1.165) is 23.2 Å². The van der Waals surface area contributed by atoms with Gasteiger partial charge in [-0.1, -0.05) is 6.92 Å². The highest BCUT2D eigenvalue weighted by Gasteiger charge is 2.11. The maximum absolute atomic E-state index is 5.84. The number of nitrogens with zero attached hydrogens (tertiary/aromatic N) is 2. The first-order valence-corrected chi connectivity index (χ1v) is 6.78. The van der Waals surface area contributed by atoms with Crippen molar-refractivity contribution in [1.29, 1.82) is 0 Å². The maximum Gasteiger partial charge on any atom is 0.227 e. The Morgan fingerprint density at radius 3 is 2.94 bits per heavy atom. The maximum atomic E-state index is 5.84. The number of rotatable bonds is 5. The third-order valence-electron chi connectivity index (χ3n) is 2.51. The summed E-state index contributed by atoms with van der Waals surface area (Å²) in [5, 5.41) is 6.14. The van der Waals surface area contributed by atoms with Crippen LogP contribution in [0, 0.1) is 0 Å². The summed E-state index contributed by atoms with van der Waals surface area (Å²) >= 11 is 1.61. The average molecular weight is 251 g/mol. The molecule has 17 heavy (non-hydrogen) atoms. The Balaban J connectivity index is 2.39. The van der Waals surface area contributed by atoms with Crippen molar-refractivity contribution in [2.24, 2.45) is 0 Å². The molecule has 2 rings (SSSR count). The Bertz CT molecular complexity index is 497. The Morgan fingerprint density at radius 2 is 2.24 bits per heavy atom. The first kappa shape index (κ1) is 12.1.